The number of halogens is 1. The molecule has 0 radical (unpaired) electrons. The molecule has 3 rings (SSSR count). The molecule has 0 aliphatic carbocycles. The number of nitrogens with one attached hydrogen (secondary N) is 3. The number of benzene rings is 2. The molecule has 30 heavy (non-hydrogen) atoms. The summed E-state index contributed by atoms with van der Waals surface area (Å²) in [5.74, 6) is -0.715. The van der Waals surface area contributed by atoms with E-state index in [0.717, 1.165) is 11.1 Å². The number of thioether (sulfide) groups is 1. The summed E-state index contributed by atoms with van der Waals surface area (Å²) in [5, 5.41) is 7.58. The number of rotatable bonds is 6. The van der Waals surface area contributed by atoms with Crippen LogP contribution in [0.2, 0.25) is 5.02 Å². The zero-order valence-electron chi connectivity index (χ0n) is 16.4. The molecule has 1 saturated heterocycles. The van der Waals surface area contributed by atoms with Crippen LogP contribution in [-0.2, 0) is 19.4 Å². The van der Waals surface area contributed by atoms with E-state index in [1.54, 1.807) is 0 Å². The van der Waals surface area contributed by atoms with Crippen LogP contribution >= 0.6 is 23.4 Å². The molecular weight excluding hydrogens is 446 g/mol. The second kappa shape index (κ2) is 9.38. The number of aryl methyl sites for hydroxylation is 2. The van der Waals surface area contributed by atoms with E-state index >= 15 is 0 Å². The largest absolute Gasteiger partial charge is 0.331 e. The lowest BCUT2D eigenvalue weighted by Crippen LogP contribution is -2.59. The fraction of sp³-hybridized carbons (Fsp3) is 0.300. The topological polar surface area (TPSA) is 104 Å². The smallest absolute Gasteiger partial charge is 0.241 e. The Kier molecular flexibility index (Phi) is 7.07. The fourth-order valence-electron chi connectivity index (χ4n) is 3.12. The maximum Gasteiger partial charge on any atom is 0.241 e. The maximum atomic E-state index is 12.7. The molecule has 0 aromatic heterocycles. The SMILES string of the molecule is Cc1cc(C)cc(NC(=O)CSC2NCC(S(=O)(=O)c3ccc(Cl)cc3)C(=O)N2)c1. The van der Waals surface area contributed by atoms with Gasteiger partial charge in [0, 0.05) is 17.3 Å². The lowest BCUT2D eigenvalue weighted by molar-refractivity contribution is -0.122. The van der Waals surface area contributed by atoms with Gasteiger partial charge in [0.2, 0.25) is 11.8 Å². The second-order valence-electron chi connectivity index (χ2n) is 7.02. The average Bonchev–Trinajstić information content (AvgIpc) is 2.65. The first kappa shape index (κ1) is 22.6. The Balaban J connectivity index is 1.54. The van der Waals surface area contributed by atoms with Crippen molar-refractivity contribution in [2.24, 2.45) is 0 Å². The van der Waals surface area contributed by atoms with Crippen LogP contribution in [0.4, 0.5) is 5.69 Å². The van der Waals surface area contributed by atoms with Crippen molar-refractivity contribution >= 4 is 50.7 Å². The van der Waals surface area contributed by atoms with Gasteiger partial charge in [0.1, 0.15) is 5.50 Å². The first-order valence-electron chi connectivity index (χ1n) is 9.18. The number of hydrogen-bond donors (Lipinski definition) is 3. The van der Waals surface area contributed by atoms with Crippen LogP contribution in [0.1, 0.15) is 11.1 Å². The van der Waals surface area contributed by atoms with Gasteiger partial charge in [0.15, 0.2) is 15.1 Å². The minimum atomic E-state index is -3.85. The van der Waals surface area contributed by atoms with Gasteiger partial charge < -0.3 is 10.6 Å². The molecule has 160 valence electrons. The van der Waals surface area contributed by atoms with E-state index in [9.17, 15) is 18.0 Å². The van der Waals surface area contributed by atoms with Gasteiger partial charge in [-0.3, -0.25) is 14.9 Å². The lowest BCUT2D eigenvalue weighted by Gasteiger charge is -2.29. The van der Waals surface area contributed by atoms with Crippen LogP contribution in [0.15, 0.2) is 47.4 Å². The highest BCUT2D eigenvalue weighted by molar-refractivity contribution is 8.00. The Morgan fingerprint density at radius 1 is 1.17 bits per heavy atom. The first-order valence-corrected chi connectivity index (χ1v) is 12.2. The van der Waals surface area contributed by atoms with E-state index in [1.165, 1.54) is 36.0 Å². The quantitative estimate of drug-likeness (QED) is 0.603. The van der Waals surface area contributed by atoms with Gasteiger partial charge in [-0.2, -0.15) is 0 Å². The van der Waals surface area contributed by atoms with Crippen molar-refractivity contribution in [1.29, 1.82) is 0 Å². The van der Waals surface area contributed by atoms with Gasteiger partial charge >= 0.3 is 0 Å². The zero-order chi connectivity index (χ0) is 21.9. The molecule has 1 aliphatic rings. The highest BCUT2D eigenvalue weighted by Gasteiger charge is 2.38. The van der Waals surface area contributed by atoms with Crippen LogP contribution in [0.5, 0.6) is 0 Å². The summed E-state index contributed by atoms with van der Waals surface area (Å²) in [7, 11) is -3.85. The third kappa shape index (κ3) is 5.54. The van der Waals surface area contributed by atoms with E-state index < -0.39 is 26.5 Å². The van der Waals surface area contributed by atoms with Crippen LogP contribution in [0, 0.1) is 13.8 Å². The van der Waals surface area contributed by atoms with Crippen molar-refractivity contribution in [1.82, 2.24) is 10.6 Å². The molecule has 2 atom stereocenters. The molecule has 2 aromatic carbocycles. The van der Waals surface area contributed by atoms with Crippen LogP contribution in [0.3, 0.4) is 0 Å². The molecule has 1 aliphatic heterocycles. The third-order valence-electron chi connectivity index (χ3n) is 4.46. The van der Waals surface area contributed by atoms with Crippen molar-refractivity contribution in [2.45, 2.75) is 29.5 Å². The molecule has 2 unspecified atom stereocenters. The summed E-state index contributed by atoms with van der Waals surface area (Å²) in [6, 6.07) is 11.5. The van der Waals surface area contributed by atoms with E-state index in [1.807, 2.05) is 32.0 Å². The predicted octanol–water partition coefficient (Wildman–Crippen LogP) is 2.47. The summed E-state index contributed by atoms with van der Waals surface area (Å²) in [6.07, 6.45) is 0. The summed E-state index contributed by atoms with van der Waals surface area (Å²) < 4.78 is 25.5. The standard InChI is InChI=1S/C20H22ClN3O4S2/c1-12-7-13(2)9-15(8-12)23-18(25)11-29-20-22-10-17(19(26)24-20)30(27,28)16-5-3-14(21)4-6-16/h3-9,17,20,22H,10-11H2,1-2H3,(H,23,25)(H,24,26). The minimum Gasteiger partial charge on any atom is -0.331 e. The Bertz CT molecular complexity index is 1040. The Hall–Kier alpha value is -2.07. The first-order chi connectivity index (χ1) is 14.1. The molecule has 0 saturated carbocycles. The van der Waals surface area contributed by atoms with Crippen molar-refractivity contribution in [3.8, 4) is 0 Å². The van der Waals surface area contributed by atoms with E-state index in [2.05, 4.69) is 16.0 Å². The molecule has 3 N–H and O–H groups in total. The summed E-state index contributed by atoms with van der Waals surface area (Å²) in [4.78, 5) is 24.7. The average molecular weight is 468 g/mol. The summed E-state index contributed by atoms with van der Waals surface area (Å²) in [5.41, 5.74) is 2.26. The molecule has 1 fully saturated rings. The number of amides is 2. The fourth-order valence-corrected chi connectivity index (χ4v) is 5.56. The molecular formula is C20H22ClN3O4S2. The number of hydrogen-bond acceptors (Lipinski definition) is 6. The highest BCUT2D eigenvalue weighted by atomic mass is 35.5. The van der Waals surface area contributed by atoms with Gasteiger partial charge in [0.25, 0.3) is 0 Å². The van der Waals surface area contributed by atoms with E-state index in [4.69, 9.17) is 11.6 Å². The Morgan fingerprint density at radius 3 is 2.40 bits per heavy atom. The molecule has 1 heterocycles. The number of anilines is 1. The van der Waals surface area contributed by atoms with Gasteiger partial charge in [-0.15, -0.1) is 11.8 Å². The molecule has 7 nitrogen and oxygen atoms in total. The van der Waals surface area contributed by atoms with Gasteiger partial charge in [-0.05, 0) is 61.4 Å². The van der Waals surface area contributed by atoms with Crippen molar-refractivity contribution in [2.75, 3.05) is 17.6 Å². The second-order valence-corrected chi connectivity index (χ2v) is 10.7. The van der Waals surface area contributed by atoms with Crippen molar-refractivity contribution in [3.63, 3.8) is 0 Å². The molecule has 2 aromatic rings. The summed E-state index contributed by atoms with van der Waals surface area (Å²) >= 11 is 6.98. The number of carbonyl (C=O) groups excluding carboxylic acids is 2. The number of carbonyl (C=O) groups is 2. The summed E-state index contributed by atoms with van der Waals surface area (Å²) in [6.45, 7) is 3.86. The van der Waals surface area contributed by atoms with Crippen LogP contribution in [0.25, 0.3) is 0 Å². The molecule has 10 heteroatoms. The number of sulfone groups is 1. The molecule has 0 bridgehead atoms. The zero-order valence-corrected chi connectivity index (χ0v) is 18.8. The Labute approximate surface area is 184 Å². The van der Waals surface area contributed by atoms with Crippen molar-refractivity contribution in [3.05, 3.63) is 58.6 Å². The predicted molar refractivity (Wildman–Crippen MR) is 119 cm³/mol. The Morgan fingerprint density at radius 2 is 1.80 bits per heavy atom. The van der Waals surface area contributed by atoms with Crippen molar-refractivity contribution < 1.29 is 18.0 Å². The van der Waals surface area contributed by atoms with Crippen LogP contribution < -0.4 is 16.0 Å². The molecule has 2 amide bonds. The van der Waals surface area contributed by atoms with E-state index in [0.29, 0.717) is 10.7 Å². The lowest BCUT2D eigenvalue weighted by atomic mass is 10.1. The minimum absolute atomic E-state index is 0.0350. The van der Waals surface area contributed by atoms with Crippen LogP contribution in [-0.4, -0.2) is 43.3 Å². The van der Waals surface area contributed by atoms with E-state index in [-0.39, 0.29) is 23.1 Å². The van der Waals surface area contributed by atoms with Gasteiger partial charge in [-0.25, -0.2) is 8.42 Å². The van der Waals surface area contributed by atoms with Gasteiger partial charge in [0.05, 0.1) is 10.6 Å². The highest BCUT2D eigenvalue weighted by Crippen LogP contribution is 2.22. The molecule has 0 spiro atoms. The maximum absolute atomic E-state index is 12.7. The normalized spacial score (nSPS) is 19.2. The van der Waals surface area contributed by atoms with Gasteiger partial charge in [-0.1, -0.05) is 17.7 Å². The monoisotopic (exact) mass is 467 g/mol. The third-order valence-corrected chi connectivity index (χ3v) is 7.82.